The van der Waals surface area contributed by atoms with Crippen molar-refractivity contribution >= 4 is 5.69 Å². The van der Waals surface area contributed by atoms with E-state index in [0.717, 1.165) is 19.3 Å². The molecule has 0 amide bonds. The lowest BCUT2D eigenvalue weighted by atomic mass is 9.97. The quantitative estimate of drug-likeness (QED) is 0.634. The minimum Gasteiger partial charge on any atom is -0.473 e. The van der Waals surface area contributed by atoms with Crippen LogP contribution in [0.25, 0.3) is 0 Å². The highest BCUT2D eigenvalue weighted by molar-refractivity contribution is 5.45. The van der Waals surface area contributed by atoms with Gasteiger partial charge in [-0.2, -0.15) is 5.10 Å². The maximum atomic E-state index is 11.1. The van der Waals surface area contributed by atoms with Crippen molar-refractivity contribution in [2.75, 3.05) is 13.2 Å². The highest BCUT2D eigenvalue weighted by Crippen LogP contribution is 2.34. The van der Waals surface area contributed by atoms with Crippen LogP contribution in [0.3, 0.4) is 0 Å². The van der Waals surface area contributed by atoms with E-state index in [0.29, 0.717) is 37.2 Å². The first-order valence-electron chi connectivity index (χ1n) is 7.13. The molecular formula is C13H22N4O3. The molecule has 1 aliphatic carbocycles. The molecular weight excluding hydrogens is 260 g/mol. The summed E-state index contributed by atoms with van der Waals surface area (Å²) >= 11 is 0. The molecule has 0 spiro atoms. The van der Waals surface area contributed by atoms with Gasteiger partial charge >= 0.3 is 5.69 Å². The third-order valence-electron chi connectivity index (χ3n) is 4.09. The summed E-state index contributed by atoms with van der Waals surface area (Å²) in [6.07, 6.45) is 3.36. The van der Waals surface area contributed by atoms with E-state index in [4.69, 9.17) is 10.5 Å². The number of nitro groups is 1. The summed E-state index contributed by atoms with van der Waals surface area (Å²) < 4.78 is 7.32. The summed E-state index contributed by atoms with van der Waals surface area (Å²) in [5.41, 5.74) is 6.13. The fraction of sp³-hybridized carbons (Fsp3) is 0.769. The number of hydrogen-bond acceptors (Lipinski definition) is 5. The Morgan fingerprint density at radius 1 is 1.50 bits per heavy atom. The molecule has 0 aliphatic heterocycles. The summed E-state index contributed by atoms with van der Waals surface area (Å²) in [5.74, 6) is 1.13. The second kappa shape index (κ2) is 6.21. The van der Waals surface area contributed by atoms with Crippen molar-refractivity contribution < 1.29 is 9.66 Å². The molecule has 0 radical (unpaired) electrons. The van der Waals surface area contributed by atoms with Crippen LogP contribution in [0.5, 0.6) is 5.88 Å². The van der Waals surface area contributed by atoms with Gasteiger partial charge in [0.1, 0.15) is 5.69 Å². The number of rotatable bonds is 6. The molecule has 2 rings (SSSR count). The van der Waals surface area contributed by atoms with Crippen LogP contribution in [0.4, 0.5) is 5.69 Å². The molecule has 1 saturated carbocycles. The molecule has 1 fully saturated rings. The minimum atomic E-state index is -0.418. The molecule has 7 nitrogen and oxygen atoms in total. The fourth-order valence-electron chi connectivity index (χ4n) is 2.95. The second-order valence-corrected chi connectivity index (χ2v) is 5.31. The predicted octanol–water partition coefficient (Wildman–Crippen LogP) is 1.87. The number of hydrogen-bond donors (Lipinski definition) is 1. The third kappa shape index (κ3) is 2.77. The predicted molar refractivity (Wildman–Crippen MR) is 74.7 cm³/mol. The molecule has 7 heteroatoms. The van der Waals surface area contributed by atoms with Crippen LogP contribution >= 0.6 is 0 Å². The van der Waals surface area contributed by atoms with Gasteiger partial charge in [0.2, 0.25) is 0 Å². The van der Waals surface area contributed by atoms with Gasteiger partial charge in [0, 0.05) is 6.54 Å². The Labute approximate surface area is 118 Å². The van der Waals surface area contributed by atoms with Crippen molar-refractivity contribution in [2.24, 2.45) is 17.6 Å². The first-order valence-corrected chi connectivity index (χ1v) is 7.13. The smallest absolute Gasteiger partial charge is 0.353 e. The van der Waals surface area contributed by atoms with E-state index in [2.05, 4.69) is 5.10 Å². The first kappa shape index (κ1) is 14.8. The van der Waals surface area contributed by atoms with Crippen molar-refractivity contribution in [3.05, 3.63) is 15.8 Å². The maximum Gasteiger partial charge on any atom is 0.353 e. The molecule has 2 N–H and O–H groups in total. The summed E-state index contributed by atoms with van der Waals surface area (Å²) in [4.78, 5) is 10.7. The van der Waals surface area contributed by atoms with Gasteiger partial charge in [0.25, 0.3) is 5.88 Å². The van der Waals surface area contributed by atoms with Crippen LogP contribution in [0.1, 0.15) is 31.9 Å². The van der Waals surface area contributed by atoms with E-state index in [9.17, 15) is 10.1 Å². The van der Waals surface area contributed by atoms with E-state index in [1.807, 2.05) is 6.92 Å². The van der Waals surface area contributed by atoms with E-state index in [1.54, 1.807) is 11.6 Å². The van der Waals surface area contributed by atoms with Gasteiger partial charge in [-0.05, 0) is 45.1 Å². The van der Waals surface area contributed by atoms with E-state index in [-0.39, 0.29) is 11.6 Å². The molecule has 20 heavy (non-hydrogen) atoms. The Balaban J connectivity index is 2.14. The second-order valence-electron chi connectivity index (χ2n) is 5.31. The van der Waals surface area contributed by atoms with E-state index >= 15 is 0 Å². The van der Waals surface area contributed by atoms with Gasteiger partial charge < -0.3 is 10.5 Å². The minimum absolute atomic E-state index is 0.0193. The van der Waals surface area contributed by atoms with Gasteiger partial charge in [-0.25, -0.2) is 4.68 Å². The molecule has 112 valence electrons. The van der Waals surface area contributed by atoms with E-state index < -0.39 is 4.92 Å². The highest BCUT2D eigenvalue weighted by atomic mass is 16.6. The van der Waals surface area contributed by atoms with Crippen molar-refractivity contribution in [1.29, 1.82) is 0 Å². The lowest BCUT2D eigenvalue weighted by Crippen LogP contribution is -2.24. The topological polar surface area (TPSA) is 96.2 Å². The Morgan fingerprint density at radius 3 is 2.80 bits per heavy atom. The van der Waals surface area contributed by atoms with Crippen LogP contribution < -0.4 is 10.5 Å². The molecule has 2 atom stereocenters. The van der Waals surface area contributed by atoms with Gasteiger partial charge in [-0.15, -0.1) is 0 Å². The van der Waals surface area contributed by atoms with Crippen LogP contribution in [0.2, 0.25) is 0 Å². The molecule has 0 aromatic carbocycles. The van der Waals surface area contributed by atoms with E-state index in [1.165, 1.54) is 0 Å². The number of aryl methyl sites for hydroxylation is 2. The monoisotopic (exact) mass is 282 g/mol. The van der Waals surface area contributed by atoms with Gasteiger partial charge in [0.15, 0.2) is 0 Å². The Kier molecular flexibility index (Phi) is 4.59. The van der Waals surface area contributed by atoms with Crippen molar-refractivity contribution in [2.45, 2.75) is 39.7 Å². The summed E-state index contributed by atoms with van der Waals surface area (Å²) in [6, 6.07) is 0. The van der Waals surface area contributed by atoms with Gasteiger partial charge in [-0.3, -0.25) is 10.1 Å². The summed E-state index contributed by atoms with van der Waals surface area (Å²) in [7, 11) is 0. The summed E-state index contributed by atoms with van der Waals surface area (Å²) in [5, 5.41) is 15.3. The number of ether oxygens (including phenoxy) is 1. The Hall–Kier alpha value is -1.63. The zero-order valence-corrected chi connectivity index (χ0v) is 12.0. The Bertz CT molecular complexity index is 486. The van der Waals surface area contributed by atoms with Crippen molar-refractivity contribution in [3.63, 3.8) is 0 Å². The fourth-order valence-corrected chi connectivity index (χ4v) is 2.95. The normalized spacial score (nSPS) is 22.1. The third-order valence-corrected chi connectivity index (χ3v) is 4.09. The lowest BCUT2D eigenvalue weighted by Gasteiger charge is -2.18. The zero-order valence-electron chi connectivity index (χ0n) is 12.0. The molecule has 1 aliphatic rings. The molecule has 0 saturated heterocycles. The van der Waals surface area contributed by atoms with Crippen LogP contribution in [0, 0.1) is 28.9 Å². The first-order chi connectivity index (χ1) is 9.58. The highest BCUT2D eigenvalue weighted by Gasteiger charge is 2.30. The number of nitrogens with zero attached hydrogens (tertiary/aromatic N) is 3. The van der Waals surface area contributed by atoms with Crippen LogP contribution in [-0.2, 0) is 6.54 Å². The molecule has 0 bridgehead atoms. The SMILES string of the molecule is CCn1nc(C)c([N+](=O)[O-])c1OCC1CCCC1CN. The average Bonchev–Trinajstić information content (AvgIpc) is 2.99. The molecule has 1 aromatic rings. The van der Waals surface area contributed by atoms with Crippen molar-refractivity contribution in [3.8, 4) is 5.88 Å². The lowest BCUT2D eigenvalue weighted by molar-refractivity contribution is -0.386. The maximum absolute atomic E-state index is 11.1. The largest absolute Gasteiger partial charge is 0.473 e. The number of nitrogens with two attached hydrogens (primary N) is 1. The Morgan fingerprint density at radius 2 is 2.20 bits per heavy atom. The molecule has 1 aromatic heterocycles. The van der Waals surface area contributed by atoms with Crippen LogP contribution in [-0.4, -0.2) is 27.9 Å². The van der Waals surface area contributed by atoms with Crippen LogP contribution in [0.15, 0.2) is 0 Å². The number of aromatic nitrogens is 2. The molecule has 2 unspecified atom stereocenters. The zero-order chi connectivity index (χ0) is 14.7. The van der Waals surface area contributed by atoms with Gasteiger partial charge in [-0.1, -0.05) is 6.42 Å². The average molecular weight is 282 g/mol. The molecule has 1 heterocycles. The van der Waals surface area contributed by atoms with Gasteiger partial charge in [0.05, 0.1) is 11.5 Å². The van der Waals surface area contributed by atoms with Crippen molar-refractivity contribution in [1.82, 2.24) is 9.78 Å². The standard InChI is InChI=1S/C13H22N4O3/c1-3-16-13(12(17(18)19)9(2)15-16)20-8-11-6-4-5-10(11)7-14/h10-11H,3-8,14H2,1-2H3. The summed E-state index contributed by atoms with van der Waals surface area (Å²) in [6.45, 7) is 5.21.